The average molecular weight is 287 g/mol. The predicted molar refractivity (Wildman–Crippen MR) is 90.6 cm³/mol. The molecule has 116 valence electrons. The van der Waals surface area contributed by atoms with E-state index < -0.39 is 0 Å². The molecule has 2 rings (SSSR count). The molecule has 0 aliphatic heterocycles. The van der Waals surface area contributed by atoms with Gasteiger partial charge in [0.05, 0.1) is 11.2 Å². The highest BCUT2D eigenvalue weighted by molar-refractivity contribution is 5.81. The number of fused-ring (bicyclic) bond motifs is 1. The van der Waals surface area contributed by atoms with Crippen molar-refractivity contribution in [2.24, 2.45) is 5.92 Å². The molecule has 1 aromatic heterocycles. The molecule has 0 amide bonds. The van der Waals surface area contributed by atoms with Gasteiger partial charge in [0.15, 0.2) is 0 Å². The Hall–Kier alpha value is -1.35. The van der Waals surface area contributed by atoms with Gasteiger partial charge in [-0.2, -0.15) is 5.10 Å². The Kier molecular flexibility index (Phi) is 5.04. The Bertz CT molecular complexity index is 578. The molecule has 0 radical (unpaired) electrons. The van der Waals surface area contributed by atoms with Crippen molar-refractivity contribution in [3.05, 3.63) is 30.0 Å². The highest BCUT2D eigenvalue weighted by Gasteiger charge is 2.14. The summed E-state index contributed by atoms with van der Waals surface area (Å²) in [6.07, 6.45) is 2.24. The van der Waals surface area contributed by atoms with Crippen molar-refractivity contribution in [1.82, 2.24) is 15.1 Å². The maximum atomic E-state index is 4.80. The number of benzene rings is 1. The number of aromatic nitrogens is 2. The molecule has 1 unspecified atom stereocenters. The second-order valence-electron chi connectivity index (χ2n) is 7.05. The van der Waals surface area contributed by atoms with Gasteiger partial charge in [0.2, 0.25) is 0 Å². The molecule has 2 aromatic rings. The fourth-order valence-electron chi connectivity index (χ4n) is 2.71. The lowest BCUT2D eigenvalue weighted by Gasteiger charge is -2.21. The molecule has 1 atom stereocenters. The predicted octanol–water partition coefficient (Wildman–Crippen LogP) is 4.01. The first kappa shape index (κ1) is 16.0. The van der Waals surface area contributed by atoms with Crippen LogP contribution in [0.1, 0.15) is 46.7 Å². The third kappa shape index (κ3) is 4.31. The Morgan fingerprint density at radius 3 is 2.62 bits per heavy atom. The number of hydrogen-bond acceptors (Lipinski definition) is 2. The quantitative estimate of drug-likeness (QED) is 0.870. The molecular weight excluding hydrogens is 258 g/mol. The van der Waals surface area contributed by atoms with E-state index >= 15 is 0 Å². The van der Waals surface area contributed by atoms with E-state index in [-0.39, 0.29) is 5.54 Å². The topological polar surface area (TPSA) is 29.9 Å². The summed E-state index contributed by atoms with van der Waals surface area (Å²) in [4.78, 5) is 0. The molecular formula is C18H29N3. The SMILES string of the molecule is CCn1nc(CC(C)CCNC(C)(C)C)c2ccccc21. The second kappa shape index (κ2) is 6.61. The first-order chi connectivity index (χ1) is 9.90. The molecule has 0 fully saturated rings. The lowest BCUT2D eigenvalue weighted by molar-refractivity contribution is 0.393. The number of rotatable bonds is 6. The average Bonchev–Trinajstić information content (AvgIpc) is 2.76. The maximum absolute atomic E-state index is 4.80. The molecule has 0 aliphatic rings. The summed E-state index contributed by atoms with van der Waals surface area (Å²) >= 11 is 0. The molecule has 1 heterocycles. The maximum Gasteiger partial charge on any atom is 0.0706 e. The van der Waals surface area contributed by atoms with E-state index in [0.717, 1.165) is 19.5 Å². The fraction of sp³-hybridized carbons (Fsp3) is 0.611. The fourth-order valence-corrected chi connectivity index (χ4v) is 2.71. The molecule has 0 bridgehead atoms. The minimum atomic E-state index is 0.205. The zero-order valence-corrected chi connectivity index (χ0v) is 14.1. The largest absolute Gasteiger partial charge is 0.312 e. The normalized spacial score (nSPS) is 13.8. The molecule has 0 saturated heterocycles. The minimum absolute atomic E-state index is 0.205. The van der Waals surface area contributed by atoms with E-state index in [1.165, 1.54) is 23.0 Å². The van der Waals surface area contributed by atoms with Crippen molar-refractivity contribution in [3.63, 3.8) is 0 Å². The Balaban J connectivity index is 2.02. The Labute approximate surface area is 128 Å². The zero-order valence-electron chi connectivity index (χ0n) is 14.1. The first-order valence-electron chi connectivity index (χ1n) is 8.10. The van der Waals surface area contributed by atoms with Crippen LogP contribution in [0.4, 0.5) is 0 Å². The van der Waals surface area contributed by atoms with E-state index in [1.807, 2.05) is 0 Å². The van der Waals surface area contributed by atoms with Crippen molar-refractivity contribution in [1.29, 1.82) is 0 Å². The number of para-hydroxylation sites is 1. The van der Waals surface area contributed by atoms with Crippen LogP contribution in [-0.2, 0) is 13.0 Å². The van der Waals surface area contributed by atoms with Gasteiger partial charge < -0.3 is 5.32 Å². The number of aryl methyl sites for hydroxylation is 1. The lowest BCUT2D eigenvalue weighted by atomic mass is 9.99. The molecule has 21 heavy (non-hydrogen) atoms. The van der Waals surface area contributed by atoms with E-state index in [2.05, 4.69) is 68.9 Å². The molecule has 3 nitrogen and oxygen atoms in total. The van der Waals surface area contributed by atoms with Crippen LogP contribution in [0.2, 0.25) is 0 Å². The summed E-state index contributed by atoms with van der Waals surface area (Å²) in [5, 5.41) is 9.68. The van der Waals surface area contributed by atoms with Gasteiger partial charge >= 0.3 is 0 Å². The third-order valence-electron chi connectivity index (χ3n) is 3.87. The number of nitrogens with one attached hydrogen (secondary N) is 1. The van der Waals surface area contributed by atoms with Gasteiger partial charge in [-0.3, -0.25) is 4.68 Å². The molecule has 0 aliphatic carbocycles. The summed E-state index contributed by atoms with van der Waals surface area (Å²) in [5.74, 6) is 0.642. The second-order valence-corrected chi connectivity index (χ2v) is 7.05. The summed E-state index contributed by atoms with van der Waals surface area (Å²) < 4.78 is 2.12. The van der Waals surface area contributed by atoms with Crippen LogP contribution in [0.5, 0.6) is 0 Å². The van der Waals surface area contributed by atoms with Crippen molar-refractivity contribution < 1.29 is 0 Å². The van der Waals surface area contributed by atoms with Gasteiger partial charge in [-0.1, -0.05) is 25.1 Å². The summed E-state index contributed by atoms with van der Waals surface area (Å²) in [6, 6.07) is 8.57. The van der Waals surface area contributed by atoms with E-state index in [9.17, 15) is 0 Å². The summed E-state index contributed by atoms with van der Waals surface area (Å²) in [6.45, 7) is 13.1. The molecule has 0 saturated carbocycles. The standard InChI is InChI=1S/C18H29N3/c1-6-21-17-10-8-7-9-15(17)16(20-21)13-14(2)11-12-19-18(3,4)5/h7-10,14,19H,6,11-13H2,1-5H3. The highest BCUT2D eigenvalue weighted by Crippen LogP contribution is 2.22. The lowest BCUT2D eigenvalue weighted by Crippen LogP contribution is -2.37. The summed E-state index contributed by atoms with van der Waals surface area (Å²) in [5.41, 5.74) is 2.71. The Morgan fingerprint density at radius 2 is 1.95 bits per heavy atom. The van der Waals surface area contributed by atoms with Crippen LogP contribution in [0.25, 0.3) is 10.9 Å². The van der Waals surface area contributed by atoms with E-state index in [1.54, 1.807) is 0 Å². The van der Waals surface area contributed by atoms with Crippen LogP contribution < -0.4 is 5.32 Å². The minimum Gasteiger partial charge on any atom is -0.312 e. The van der Waals surface area contributed by atoms with Crippen molar-refractivity contribution in [2.45, 2.75) is 59.5 Å². The molecule has 3 heteroatoms. The van der Waals surface area contributed by atoms with Crippen LogP contribution in [0, 0.1) is 5.92 Å². The van der Waals surface area contributed by atoms with E-state index in [4.69, 9.17) is 5.10 Å². The smallest absolute Gasteiger partial charge is 0.0706 e. The first-order valence-corrected chi connectivity index (χ1v) is 8.10. The molecule has 0 spiro atoms. The van der Waals surface area contributed by atoms with E-state index in [0.29, 0.717) is 5.92 Å². The number of nitrogens with zero attached hydrogens (tertiary/aromatic N) is 2. The third-order valence-corrected chi connectivity index (χ3v) is 3.87. The van der Waals surface area contributed by atoms with Gasteiger partial charge in [0.1, 0.15) is 0 Å². The molecule has 1 N–H and O–H groups in total. The van der Waals surface area contributed by atoms with Gasteiger partial charge in [0, 0.05) is 17.5 Å². The van der Waals surface area contributed by atoms with Gasteiger partial charge in [0.25, 0.3) is 0 Å². The number of hydrogen-bond donors (Lipinski definition) is 1. The van der Waals surface area contributed by atoms with Gasteiger partial charge in [-0.15, -0.1) is 0 Å². The van der Waals surface area contributed by atoms with Crippen LogP contribution in [0.3, 0.4) is 0 Å². The molecule has 1 aromatic carbocycles. The van der Waals surface area contributed by atoms with Crippen LogP contribution in [0.15, 0.2) is 24.3 Å². The highest BCUT2D eigenvalue weighted by atomic mass is 15.3. The monoisotopic (exact) mass is 287 g/mol. The zero-order chi connectivity index (χ0) is 15.5. The Morgan fingerprint density at radius 1 is 1.24 bits per heavy atom. The van der Waals surface area contributed by atoms with Crippen LogP contribution in [-0.4, -0.2) is 21.9 Å². The van der Waals surface area contributed by atoms with Crippen molar-refractivity contribution in [2.75, 3.05) is 6.54 Å². The van der Waals surface area contributed by atoms with Crippen LogP contribution >= 0.6 is 0 Å². The summed E-state index contributed by atoms with van der Waals surface area (Å²) in [7, 11) is 0. The van der Waals surface area contributed by atoms with Crippen molar-refractivity contribution >= 4 is 10.9 Å². The van der Waals surface area contributed by atoms with Gasteiger partial charge in [-0.25, -0.2) is 0 Å². The van der Waals surface area contributed by atoms with Crippen molar-refractivity contribution in [3.8, 4) is 0 Å². The van der Waals surface area contributed by atoms with Gasteiger partial charge in [-0.05, 0) is 59.1 Å².